The highest BCUT2D eigenvalue weighted by molar-refractivity contribution is 8.00. The molecule has 1 aliphatic carbocycles. The molecule has 1 fully saturated rings. The van der Waals surface area contributed by atoms with E-state index in [1.165, 1.54) is 30.6 Å². The van der Waals surface area contributed by atoms with Crippen LogP contribution in [-0.4, -0.2) is 4.93 Å². The van der Waals surface area contributed by atoms with Crippen molar-refractivity contribution >= 4 is 11.8 Å². The molecule has 1 nitrogen and oxygen atoms in total. The molecule has 68 valence electrons. The average molecular weight is 192 g/mol. The van der Waals surface area contributed by atoms with E-state index in [0.29, 0.717) is 0 Å². The minimum absolute atomic E-state index is 0.115. The highest BCUT2D eigenvalue weighted by Gasteiger charge is 2.42. The fourth-order valence-electron chi connectivity index (χ4n) is 2.16. The molecule has 1 aliphatic heterocycles. The van der Waals surface area contributed by atoms with E-state index in [1.54, 1.807) is 0 Å². The van der Waals surface area contributed by atoms with Crippen LogP contribution in [0.5, 0.6) is 5.75 Å². The van der Waals surface area contributed by atoms with E-state index in [2.05, 4.69) is 18.2 Å². The Morgan fingerprint density at radius 3 is 2.69 bits per heavy atom. The van der Waals surface area contributed by atoms with Crippen LogP contribution in [0.4, 0.5) is 0 Å². The number of rotatable bonds is 0. The van der Waals surface area contributed by atoms with Crippen LogP contribution in [0, 0.1) is 0 Å². The number of hydrogen-bond acceptors (Lipinski definition) is 2. The molecule has 0 saturated heterocycles. The van der Waals surface area contributed by atoms with Gasteiger partial charge in [-0.3, -0.25) is 0 Å². The zero-order chi connectivity index (χ0) is 8.73. The van der Waals surface area contributed by atoms with E-state index in [-0.39, 0.29) is 4.93 Å². The number of para-hydroxylation sites is 1. The lowest BCUT2D eigenvalue weighted by molar-refractivity contribution is 0.181. The first kappa shape index (κ1) is 7.74. The zero-order valence-corrected chi connectivity index (χ0v) is 8.27. The molecule has 1 aromatic carbocycles. The van der Waals surface area contributed by atoms with Gasteiger partial charge in [0.05, 0.1) is 4.90 Å². The second kappa shape index (κ2) is 2.68. The van der Waals surface area contributed by atoms with Crippen LogP contribution in [0.1, 0.15) is 25.7 Å². The Balaban J connectivity index is 1.96. The molecule has 0 N–H and O–H groups in total. The van der Waals surface area contributed by atoms with Gasteiger partial charge in [-0.1, -0.05) is 23.9 Å². The van der Waals surface area contributed by atoms with Gasteiger partial charge >= 0.3 is 0 Å². The maximum Gasteiger partial charge on any atom is 0.159 e. The lowest BCUT2D eigenvalue weighted by Crippen LogP contribution is -2.23. The smallest absolute Gasteiger partial charge is 0.159 e. The summed E-state index contributed by atoms with van der Waals surface area (Å²) in [4.78, 5) is 1.44. The van der Waals surface area contributed by atoms with Gasteiger partial charge in [-0.05, 0) is 37.8 Å². The molecule has 0 amide bonds. The average Bonchev–Trinajstić information content (AvgIpc) is 2.72. The van der Waals surface area contributed by atoms with Crippen LogP contribution in [-0.2, 0) is 0 Å². The van der Waals surface area contributed by atoms with E-state index in [0.717, 1.165) is 5.75 Å². The van der Waals surface area contributed by atoms with Gasteiger partial charge in [-0.25, -0.2) is 0 Å². The lowest BCUT2D eigenvalue weighted by atomic mass is 10.3. The van der Waals surface area contributed by atoms with Crippen molar-refractivity contribution in [1.29, 1.82) is 0 Å². The maximum atomic E-state index is 6.02. The third kappa shape index (κ3) is 1.16. The van der Waals surface area contributed by atoms with Crippen molar-refractivity contribution in [3.05, 3.63) is 24.3 Å². The minimum atomic E-state index is 0.115. The largest absolute Gasteiger partial charge is 0.475 e. The Morgan fingerprint density at radius 2 is 1.92 bits per heavy atom. The van der Waals surface area contributed by atoms with Crippen LogP contribution in [0.2, 0.25) is 0 Å². The third-order valence-electron chi connectivity index (χ3n) is 2.81. The van der Waals surface area contributed by atoms with Crippen molar-refractivity contribution < 1.29 is 4.74 Å². The van der Waals surface area contributed by atoms with Gasteiger partial charge in [0.2, 0.25) is 0 Å². The highest BCUT2D eigenvalue weighted by Crippen LogP contribution is 2.54. The summed E-state index contributed by atoms with van der Waals surface area (Å²) < 4.78 is 6.02. The first-order valence-corrected chi connectivity index (χ1v) is 5.67. The van der Waals surface area contributed by atoms with Gasteiger partial charge in [-0.2, -0.15) is 0 Å². The van der Waals surface area contributed by atoms with Crippen LogP contribution >= 0.6 is 11.8 Å². The van der Waals surface area contributed by atoms with E-state index in [4.69, 9.17) is 4.74 Å². The predicted octanol–water partition coefficient (Wildman–Crippen LogP) is 3.44. The molecular weight excluding hydrogens is 180 g/mol. The molecule has 3 rings (SSSR count). The van der Waals surface area contributed by atoms with Crippen molar-refractivity contribution in [3.8, 4) is 5.75 Å². The molecule has 0 aromatic heterocycles. The Morgan fingerprint density at radius 1 is 1.15 bits per heavy atom. The quantitative estimate of drug-likeness (QED) is 0.622. The number of thioether (sulfide) groups is 1. The Kier molecular flexibility index (Phi) is 1.59. The molecule has 1 spiro atoms. The zero-order valence-electron chi connectivity index (χ0n) is 7.45. The van der Waals surface area contributed by atoms with E-state index in [1.807, 2.05) is 17.8 Å². The minimum Gasteiger partial charge on any atom is -0.475 e. The summed E-state index contributed by atoms with van der Waals surface area (Å²) in [6.45, 7) is 0. The molecule has 1 heterocycles. The second-order valence-corrected chi connectivity index (χ2v) is 5.16. The Hall–Kier alpha value is -0.630. The normalized spacial score (nSPS) is 23.1. The van der Waals surface area contributed by atoms with Crippen molar-refractivity contribution in [1.82, 2.24) is 0 Å². The summed E-state index contributed by atoms with van der Waals surface area (Å²) in [5, 5.41) is 0. The molecule has 0 radical (unpaired) electrons. The monoisotopic (exact) mass is 192 g/mol. The van der Waals surface area contributed by atoms with Crippen molar-refractivity contribution in [3.63, 3.8) is 0 Å². The van der Waals surface area contributed by atoms with Gasteiger partial charge in [0.1, 0.15) is 5.75 Å². The van der Waals surface area contributed by atoms with Crippen molar-refractivity contribution in [2.24, 2.45) is 0 Å². The summed E-state index contributed by atoms with van der Waals surface area (Å²) in [7, 11) is 0. The summed E-state index contributed by atoms with van der Waals surface area (Å²) >= 11 is 1.92. The number of fused-ring (bicyclic) bond motifs is 1. The van der Waals surface area contributed by atoms with Gasteiger partial charge in [0.25, 0.3) is 0 Å². The molecule has 1 saturated carbocycles. The predicted molar refractivity (Wildman–Crippen MR) is 54.1 cm³/mol. The highest BCUT2D eigenvalue weighted by atomic mass is 32.2. The van der Waals surface area contributed by atoms with Gasteiger partial charge < -0.3 is 4.74 Å². The second-order valence-electron chi connectivity index (χ2n) is 3.77. The number of ether oxygens (including phenoxy) is 1. The molecule has 0 unspecified atom stereocenters. The first-order chi connectivity index (χ1) is 6.38. The van der Waals surface area contributed by atoms with Crippen LogP contribution in [0.15, 0.2) is 29.2 Å². The fourth-order valence-corrected chi connectivity index (χ4v) is 3.54. The molecule has 13 heavy (non-hydrogen) atoms. The summed E-state index contributed by atoms with van der Waals surface area (Å²) in [5.41, 5.74) is 0. The number of benzene rings is 1. The lowest BCUT2D eigenvalue weighted by Gasteiger charge is -2.20. The van der Waals surface area contributed by atoms with Crippen LogP contribution < -0.4 is 4.74 Å². The van der Waals surface area contributed by atoms with Crippen LogP contribution in [0.25, 0.3) is 0 Å². The van der Waals surface area contributed by atoms with Crippen molar-refractivity contribution in [2.75, 3.05) is 0 Å². The summed E-state index contributed by atoms with van der Waals surface area (Å²) in [5.74, 6) is 1.09. The third-order valence-corrected chi connectivity index (χ3v) is 4.23. The van der Waals surface area contributed by atoms with E-state index in [9.17, 15) is 0 Å². The maximum absolute atomic E-state index is 6.02. The summed E-state index contributed by atoms with van der Waals surface area (Å²) in [6.07, 6.45) is 5.07. The Bertz CT molecular complexity index is 302. The summed E-state index contributed by atoms with van der Waals surface area (Å²) in [6, 6.07) is 8.37. The Labute approximate surface area is 82.5 Å². The molecule has 1 aromatic rings. The fraction of sp³-hybridized carbons (Fsp3) is 0.455. The molecular formula is C11H12OS. The topological polar surface area (TPSA) is 9.23 Å². The van der Waals surface area contributed by atoms with Gasteiger partial charge in [-0.15, -0.1) is 0 Å². The van der Waals surface area contributed by atoms with E-state index >= 15 is 0 Å². The van der Waals surface area contributed by atoms with Crippen molar-refractivity contribution in [2.45, 2.75) is 35.5 Å². The van der Waals surface area contributed by atoms with Gasteiger partial charge in [0.15, 0.2) is 4.93 Å². The molecule has 0 atom stereocenters. The van der Waals surface area contributed by atoms with Gasteiger partial charge in [0, 0.05) is 0 Å². The SMILES string of the molecule is c1ccc2c(c1)OC1(CCCC1)S2. The van der Waals surface area contributed by atoms with E-state index < -0.39 is 0 Å². The standard InChI is InChI=1S/C11H12OS/c1-2-6-10-9(5-1)12-11(13-10)7-3-4-8-11/h1-2,5-6H,3-4,7-8H2. The molecule has 2 aliphatic rings. The van der Waals surface area contributed by atoms with Crippen LogP contribution in [0.3, 0.4) is 0 Å². The number of hydrogen-bond donors (Lipinski definition) is 0. The first-order valence-electron chi connectivity index (χ1n) is 4.85. The molecule has 2 heteroatoms. The molecule has 0 bridgehead atoms.